The average molecular weight is 353 g/mol. The van der Waals surface area contributed by atoms with Crippen molar-refractivity contribution in [1.82, 2.24) is 8.61 Å². The molecule has 7 heteroatoms. The van der Waals surface area contributed by atoms with E-state index < -0.39 is 10.2 Å². The van der Waals surface area contributed by atoms with Crippen molar-refractivity contribution in [2.24, 2.45) is 5.92 Å². The number of para-hydroxylation sites is 1. The molecule has 1 amide bonds. The minimum Gasteiger partial charge on any atom is -0.325 e. The first kappa shape index (κ1) is 18.9. The maximum absolute atomic E-state index is 12.7. The third kappa shape index (κ3) is 3.96. The molecule has 2 rings (SSSR count). The number of piperidine rings is 1. The largest absolute Gasteiger partial charge is 0.325 e. The minimum atomic E-state index is -3.47. The van der Waals surface area contributed by atoms with Gasteiger partial charge in [-0.1, -0.05) is 25.1 Å². The molecule has 24 heavy (non-hydrogen) atoms. The zero-order chi connectivity index (χ0) is 17.9. The lowest BCUT2D eigenvalue weighted by molar-refractivity contribution is -0.120. The van der Waals surface area contributed by atoms with Crippen LogP contribution in [-0.2, 0) is 21.4 Å². The molecule has 0 aromatic heterocycles. The quantitative estimate of drug-likeness (QED) is 0.880. The van der Waals surface area contributed by atoms with Gasteiger partial charge in [0, 0.05) is 32.9 Å². The summed E-state index contributed by atoms with van der Waals surface area (Å²) in [6.45, 7) is 4.73. The van der Waals surface area contributed by atoms with Crippen LogP contribution in [0.4, 0.5) is 5.69 Å². The van der Waals surface area contributed by atoms with E-state index in [4.69, 9.17) is 0 Å². The summed E-state index contributed by atoms with van der Waals surface area (Å²) < 4.78 is 27.2. The molecule has 1 N–H and O–H groups in total. The lowest BCUT2D eigenvalue weighted by atomic mass is 9.98. The fourth-order valence-corrected chi connectivity index (χ4v) is 4.21. The fraction of sp³-hybridized carbons (Fsp3) is 0.588. The summed E-state index contributed by atoms with van der Waals surface area (Å²) in [5.41, 5.74) is 2.98. The standard InChI is InChI=1S/C17H27N3O3S/c1-5-14-9-6-8-13(2)16(14)18-17(21)15-10-7-11-20(12-15)24(22,23)19(3)4/h6,8-9,15H,5,7,10-12H2,1-4H3,(H,18,21)/t15-/m1/s1. The van der Waals surface area contributed by atoms with Crippen LogP contribution in [0.25, 0.3) is 0 Å². The topological polar surface area (TPSA) is 69.7 Å². The van der Waals surface area contributed by atoms with E-state index >= 15 is 0 Å². The molecule has 0 spiro atoms. The van der Waals surface area contributed by atoms with Gasteiger partial charge in [-0.25, -0.2) is 0 Å². The van der Waals surface area contributed by atoms with E-state index in [1.807, 2.05) is 25.1 Å². The Hall–Kier alpha value is -1.44. The molecule has 1 aromatic carbocycles. The summed E-state index contributed by atoms with van der Waals surface area (Å²) in [7, 11) is -0.446. The zero-order valence-corrected chi connectivity index (χ0v) is 15.7. The van der Waals surface area contributed by atoms with Gasteiger partial charge in [0.1, 0.15) is 0 Å². The molecule has 1 atom stereocenters. The van der Waals surface area contributed by atoms with E-state index in [0.717, 1.165) is 23.2 Å². The van der Waals surface area contributed by atoms with Crippen LogP contribution in [0, 0.1) is 12.8 Å². The molecule has 1 heterocycles. The normalized spacial score (nSPS) is 19.5. The van der Waals surface area contributed by atoms with Crippen molar-refractivity contribution in [1.29, 1.82) is 0 Å². The molecule has 0 aliphatic carbocycles. The number of hydrogen-bond acceptors (Lipinski definition) is 3. The number of carbonyl (C=O) groups is 1. The van der Waals surface area contributed by atoms with E-state index in [9.17, 15) is 13.2 Å². The van der Waals surface area contributed by atoms with Gasteiger partial charge in [-0.15, -0.1) is 0 Å². The minimum absolute atomic E-state index is 0.0994. The molecule has 0 unspecified atom stereocenters. The first-order chi connectivity index (χ1) is 11.3. The van der Waals surface area contributed by atoms with Gasteiger partial charge in [-0.05, 0) is 37.3 Å². The second kappa shape index (κ2) is 7.63. The van der Waals surface area contributed by atoms with Gasteiger partial charge in [-0.2, -0.15) is 17.0 Å². The van der Waals surface area contributed by atoms with Crippen LogP contribution in [0.1, 0.15) is 30.9 Å². The Kier molecular flexibility index (Phi) is 6.01. The number of amides is 1. The molecule has 1 aliphatic heterocycles. The first-order valence-corrected chi connectivity index (χ1v) is 9.74. The summed E-state index contributed by atoms with van der Waals surface area (Å²) >= 11 is 0. The molecular weight excluding hydrogens is 326 g/mol. The molecule has 0 bridgehead atoms. The number of hydrogen-bond donors (Lipinski definition) is 1. The zero-order valence-electron chi connectivity index (χ0n) is 14.9. The molecular formula is C17H27N3O3S. The predicted molar refractivity (Wildman–Crippen MR) is 96.1 cm³/mol. The van der Waals surface area contributed by atoms with Gasteiger partial charge >= 0.3 is 0 Å². The van der Waals surface area contributed by atoms with E-state index in [2.05, 4.69) is 12.2 Å². The lowest BCUT2D eigenvalue weighted by Crippen LogP contribution is -2.47. The van der Waals surface area contributed by atoms with Crippen LogP contribution in [-0.4, -0.2) is 50.1 Å². The smallest absolute Gasteiger partial charge is 0.281 e. The molecule has 1 fully saturated rings. The summed E-state index contributed by atoms with van der Waals surface area (Å²) in [4.78, 5) is 12.7. The fourth-order valence-electron chi connectivity index (χ4n) is 3.02. The number of aryl methyl sites for hydroxylation is 2. The average Bonchev–Trinajstić information content (AvgIpc) is 2.56. The molecule has 134 valence electrons. The lowest BCUT2D eigenvalue weighted by Gasteiger charge is -2.33. The predicted octanol–water partition coefficient (Wildman–Crippen LogP) is 2.01. The highest BCUT2D eigenvalue weighted by Crippen LogP contribution is 2.25. The Morgan fingerprint density at radius 1 is 1.38 bits per heavy atom. The summed E-state index contributed by atoms with van der Waals surface area (Å²) in [5, 5.41) is 3.03. The highest BCUT2D eigenvalue weighted by atomic mass is 32.2. The number of nitrogens with zero attached hydrogens (tertiary/aromatic N) is 2. The van der Waals surface area contributed by atoms with Gasteiger partial charge < -0.3 is 5.32 Å². The number of carbonyl (C=O) groups excluding carboxylic acids is 1. The third-order valence-corrected chi connectivity index (χ3v) is 6.44. The van der Waals surface area contributed by atoms with Crippen LogP contribution in [0.2, 0.25) is 0 Å². The van der Waals surface area contributed by atoms with Gasteiger partial charge in [0.25, 0.3) is 10.2 Å². The second-order valence-electron chi connectivity index (χ2n) is 6.44. The second-order valence-corrected chi connectivity index (χ2v) is 8.58. The summed E-state index contributed by atoms with van der Waals surface area (Å²) in [6, 6.07) is 5.96. The SMILES string of the molecule is CCc1cccc(C)c1NC(=O)[C@@H]1CCCN(S(=O)(=O)N(C)C)C1. The van der Waals surface area contributed by atoms with Crippen molar-refractivity contribution in [3.63, 3.8) is 0 Å². The number of nitrogens with one attached hydrogen (secondary N) is 1. The number of rotatable bonds is 5. The van der Waals surface area contributed by atoms with Crippen molar-refractivity contribution >= 4 is 21.8 Å². The van der Waals surface area contributed by atoms with E-state index in [0.29, 0.717) is 19.4 Å². The van der Waals surface area contributed by atoms with Crippen molar-refractivity contribution in [3.05, 3.63) is 29.3 Å². The first-order valence-electron chi connectivity index (χ1n) is 8.34. The molecule has 1 aliphatic rings. The van der Waals surface area contributed by atoms with Crippen LogP contribution < -0.4 is 5.32 Å². The highest BCUT2D eigenvalue weighted by molar-refractivity contribution is 7.86. The maximum Gasteiger partial charge on any atom is 0.281 e. The van der Waals surface area contributed by atoms with Crippen LogP contribution in [0.3, 0.4) is 0 Å². The monoisotopic (exact) mass is 353 g/mol. The summed E-state index contributed by atoms with van der Waals surface area (Å²) in [6.07, 6.45) is 2.24. The van der Waals surface area contributed by atoms with Crippen molar-refractivity contribution in [3.8, 4) is 0 Å². The van der Waals surface area contributed by atoms with Crippen LogP contribution in [0.15, 0.2) is 18.2 Å². The van der Waals surface area contributed by atoms with E-state index in [1.54, 1.807) is 0 Å². The molecule has 6 nitrogen and oxygen atoms in total. The molecule has 0 radical (unpaired) electrons. The Morgan fingerprint density at radius 3 is 2.71 bits per heavy atom. The van der Waals surface area contributed by atoms with Crippen molar-refractivity contribution in [2.45, 2.75) is 33.1 Å². The number of anilines is 1. The Morgan fingerprint density at radius 2 is 2.08 bits per heavy atom. The van der Waals surface area contributed by atoms with Crippen molar-refractivity contribution in [2.75, 3.05) is 32.5 Å². The van der Waals surface area contributed by atoms with Gasteiger partial charge in [-0.3, -0.25) is 4.79 Å². The highest BCUT2D eigenvalue weighted by Gasteiger charge is 2.33. The Balaban J connectivity index is 2.14. The van der Waals surface area contributed by atoms with Gasteiger partial charge in [0.2, 0.25) is 5.91 Å². The van der Waals surface area contributed by atoms with Crippen molar-refractivity contribution < 1.29 is 13.2 Å². The van der Waals surface area contributed by atoms with E-state index in [-0.39, 0.29) is 18.4 Å². The number of benzene rings is 1. The maximum atomic E-state index is 12.7. The third-order valence-electron chi connectivity index (χ3n) is 4.53. The molecule has 1 saturated heterocycles. The van der Waals surface area contributed by atoms with E-state index in [1.165, 1.54) is 22.7 Å². The van der Waals surface area contributed by atoms with Crippen LogP contribution in [0.5, 0.6) is 0 Å². The molecule has 0 saturated carbocycles. The molecule has 1 aromatic rings. The Bertz CT molecular complexity index is 701. The Labute approximate surface area is 145 Å². The van der Waals surface area contributed by atoms with Gasteiger partial charge in [0.05, 0.1) is 5.92 Å². The van der Waals surface area contributed by atoms with Crippen LogP contribution >= 0.6 is 0 Å². The summed E-state index contributed by atoms with van der Waals surface area (Å²) in [5.74, 6) is -0.421. The van der Waals surface area contributed by atoms with Gasteiger partial charge in [0.15, 0.2) is 0 Å².